The number of carbonyl (C=O) groups is 1. The first-order valence-electron chi connectivity index (χ1n) is 8.83. The summed E-state index contributed by atoms with van der Waals surface area (Å²) in [4.78, 5) is 21.0. The molecule has 0 saturated heterocycles. The van der Waals surface area contributed by atoms with Crippen molar-refractivity contribution >= 4 is 11.6 Å². The quantitative estimate of drug-likeness (QED) is 0.646. The van der Waals surface area contributed by atoms with Crippen LogP contribution in [0.15, 0.2) is 40.8 Å². The number of pyridine rings is 1. The standard InChI is InChI=1S/C19H19F6N3O/c1-11-27-17(18(20,21)22,19(23,24)25)15-13(7-16(2,3)8-14(15)29)28(11)10-12-5-4-6-26-9-12/h4-6,9H,7-8,10H2,1-3H3. The maximum atomic E-state index is 13.9. The number of aromatic nitrogens is 1. The van der Waals surface area contributed by atoms with Crippen molar-refractivity contribution in [3.05, 3.63) is 41.4 Å². The molecule has 2 heterocycles. The molecule has 0 atom stereocenters. The number of hydrogen-bond acceptors (Lipinski definition) is 4. The van der Waals surface area contributed by atoms with E-state index < -0.39 is 46.9 Å². The first kappa shape index (κ1) is 21.3. The van der Waals surface area contributed by atoms with Gasteiger partial charge in [0, 0.05) is 24.5 Å². The van der Waals surface area contributed by atoms with Crippen molar-refractivity contribution in [2.45, 2.75) is 58.0 Å². The summed E-state index contributed by atoms with van der Waals surface area (Å²) in [5, 5.41) is 0. The van der Waals surface area contributed by atoms with Crippen LogP contribution in [0.1, 0.15) is 39.2 Å². The Labute approximate surface area is 163 Å². The Morgan fingerprint density at radius 3 is 2.24 bits per heavy atom. The molecule has 1 aliphatic carbocycles. The van der Waals surface area contributed by atoms with Crippen molar-refractivity contribution in [1.29, 1.82) is 0 Å². The number of amidine groups is 1. The van der Waals surface area contributed by atoms with Crippen molar-refractivity contribution in [2.75, 3.05) is 0 Å². The zero-order valence-electron chi connectivity index (χ0n) is 15.9. The summed E-state index contributed by atoms with van der Waals surface area (Å²) in [6, 6.07) is 3.25. The molecule has 3 rings (SSSR count). The number of ketones is 1. The highest BCUT2D eigenvalue weighted by molar-refractivity contribution is 6.03. The van der Waals surface area contributed by atoms with Crippen molar-refractivity contribution in [1.82, 2.24) is 9.88 Å². The summed E-state index contributed by atoms with van der Waals surface area (Å²) in [5.74, 6) is -1.63. The Morgan fingerprint density at radius 2 is 1.72 bits per heavy atom. The van der Waals surface area contributed by atoms with E-state index in [-0.39, 0.29) is 18.7 Å². The van der Waals surface area contributed by atoms with Gasteiger partial charge in [-0.3, -0.25) is 9.78 Å². The van der Waals surface area contributed by atoms with Crippen LogP contribution < -0.4 is 0 Å². The van der Waals surface area contributed by atoms with Gasteiger partial charge in [0.1, 0.15) is 5.84 Å². The monoisotopic (exact) mass is 419 g/mol. The van der Waals surface area contributed by atoms with Gasteiger partial charge < -0.3 is 4.90 Å². The van der Waals surface area contributed by atoms with Gasteiger partial charge in [-0.25, -0.2) is 4.99 Å². The average molecular weight is 419 g/mol. The molecule has 0 bridgehead atoms. The Balaban J connectivity index is 2.28. The van der Waals surface area contributed by atoms with Gasteiger partial charge in [-0.05, 0) is 30.4 Å². The largest absolute Gasteiger partial charge is 0.427 e. The van der Waals surface area contributed by atoms with Gasteiger partial charge in [0.15, 0.2) is 5.78 Å². The smallest absolute Gasteiger partial charge is 0.329 e. The van der Waals surface area contributed by atoms with E-state index in [4.69, 9.17) is 0 Å². The molecule has 158 valence electrons. The van der Waals surface area contributed by atoms with Crippen molar-refractivity contribution in [3.8, 4) is 0 Å². The Hall–Kier alpha value is -2.39. The summed E-state index contributed by atoms with van der Waals surface area (Å²) in [6.45, 7) is 4.33. The molecule has 0 amide bonds. The van der Waals surface area contributed by atoms with E-state index in [0.717, 1.165) is 6.92 Å². The van der Waals surface area contributed by atoms with Gasteiger partial charge in [0.25, 0.3) is 5.54 Å². The Morgan fingerprint density at radius 1 is 1.10 bits per heavy atom. The summed E-state index contributed by atoms with van der Waals surface area (Å²) in [5.41, 5.74) is -6.37. The van der Waals surface area contributed by atoms with Gasteiger partial charge >= 0.3 is 12.4 Å². The lowest BCUT2D eigenvalue weighted by Crippen LogP contribution is -2.63. The van der Waals surface area contributed by atoms with Crippen LogP contribution in [0, 0.1) is 5.41 Å². The molecule has 0 fully saturated rings. The number of hydrogen-bond donors (Lipinski definition) is 0. The fourth-order valence-electron chi connectivity index (χ4n) is 3.94. The lowest BCUT2D eigenvalue weighted by atomic mass is 9.69. The number of carbonyl (C=O) groups excluding carboxylic acids is 1. The molecule has 0 unspecified atom stereocenters. The van der Waals surface area contributed by atoms with Crippen LogP contribution in [0.3, 0.4) is 0 Å². The van der Waals surface area contributed by atoms with Crippen LogP contribution in [-0.2, 0) is 11.3 Å². The van der Waals surface area contributed by atoms with E-state index in [2.05, 4.69) is 9.98 Å². The summed E-state index contributed by atoms with van der Waals surface area (Å²) in [6.07, 6.45) is -9.21. The van der Waals surface area contributed by atoms with Crippen molar-refractivity contribution in [2.24, 2.45) is 10.4 Å². The summed E-state index contributed by atoms with van der Waals surface area (Å²) < 4.78 is 83.5. The SMILES string of the molecule is CC1=NC(C(F)(F)F)(C(F)(F)F)C2=C(CC(C)(C)CC2=O)N1Cc1cccnc1. The molecule has 10 heteroatoms. The molecule has 2 aliphatic rings. The van der Waals surface area contributed by atoms with E-state index >= 15 is 0 Å². The minimum atomic E-state index is -5.81. The van der Waals surface area contributed by atoms with E-state index in [9.17, 15) is 31.1 Å². The second-order valence-electron chi connectivity index (χ2n) is 8.08. The van der Waals surface area contributed by atoms with Gasteiger partial charge in [-0.15, -0.1) is 0 Å². The van der Waals surface area contributed by atoms with Crippen LogP contribution >= 0.6 is 0 Å². The molecular weight excluding hydrogens is 400 g/mol. The van der Waals surface area contributed by atoms with Gasteiger partial charge in [0.05, 0.1) is 12.1 Å². The normalized spacial score (nSPS) is 21.8. The Bertz CT molecular complexity index is 869. The molecule has 0 aromatic carbocycles. The molecule has 0 saturated carbocycles. The highest BCUT2D eigenvalue weighted by Crippen LogP contribution is 2.56. The van der Waals surface area contributed by atoms with Gasteiger partial charge in [0.2, 0.25) is 0 Å². The zero-order chi connectivity index (χ0) is 21.8. The van der Waals surface area contributed by atoms with E-state index in [1.165, 1.54) is 17.3 Å². The number of halogens is 6. The van der Waals surface area contributed by atoms with Crippen molar-refractivity contribution in [3.63, 3.8) is 0 Å². The number of allylic oxidation sites excluding steroid dienone is 1. The van der Waals surface area contributed by atoms with E-state index in [1.54, 1.807) is 26.0 Å². The number of alkyl halides is 6. The third kappa shape index (κ3) is 3.42. The number of rotatable bonds is 2. The Kier molecular flexibility index (Phi) is 4.83. The lowest BCUT2D eigenvalue weighted by Gasteiger charge is -2.47. The maximum Gasteiger partial charge on any atom is 0.427 e. The third-order valence-electron chi connectivity index (χ3n) is 5.14. The predicted octanol–water partition coefficient (Wildman–Crippen LogP) is 4.82. The average Bonchev–Trinajstić information content (AvgIpc) is 2.55. The van der Waals surface area contributed by atoms with E-state index in [0.29, 0.717) is 5.56 Å². The highest BCUT2D eigenvalue weighted by Gasteiger charge is 2.76. The molecule has 1 aromatic rings. The van der Waals surface area contributed by atoms with Gasteiger partial charge in [-0.2, -0.15) is 26.3 Å². The molecule has 0 spiro atoms. The fraction of sp³-hybridized carbons (Fsp3) is 0.526. The molecule has 0 radical (unpaired) electrons. The number of nitrogens with zero attached hydrogens (tertiary/aromatic N) is 3. The second-order valence-corrected chi connectivity index (χ2v) is 8.08. The molecular formula is C19H19F6N3O. The van der Waals surface area contributed by atoms with Crippen LogP contribution in [0.2, 0.25) is 0 Å². The summed E-state index contributed by atoms with van der Waals surface area (Å²) in [7, 11) is 0. The highest BCUT2D eigenvalue weighted by atomic mass is 19.4. The molecule has 0 N–H and O–H groups in total. The molecule has 1 aromatic heterocycles. The van der Waals surface area contributed by atoms with Gasteiger partial charge in [-0.1, -0.05) is 19.9 Å². The van der Waals surface area contributed by atoms with Crippen LogP contribution in [0.25, 0.3) is 0 Å². The third-order valence-corrected chi connectivity index (χ3v) is 5.14. The first-order chi connectivity index (χ1) is 13.2. The first-order valence-corrected chi connectivity index (χ1v) is 8.83. The molecule has 29 heavy (non-hydrogen) atoms. The van der Waals surface area contributed by atoms with E-state index in [1.807, 2.05) is 0 Å². The lowest BCUT2D eigenvalue weighted by molar-refractivity contribution is -0.283. The zero-order valence-corrected chi connectivity index (χ0v) is 15.9. The predicted molar refractivity (Wildman–Crippen MR) is 92.8 cm³/mol. The number of Topliss-reactive ketones (excluding diaryl/α,β-unsaturated/α-hetero) is 1. The minimum absolute atomic E-state index is 0.0445. The topological polar surface area (TPSA) is 45.6 Å². The maximum absolute atomic E-state index is 13.9. The van der Waals surface area contributed by atoms with Crippen LogP contribution in [0.5, 0.6) is 0 Å². The number of aliphatic imine (C=N–C) groups is 1. The summed E-state index contributed by atoms with van der Waals surface area (Å²) >= 11 is 0. The van der Waals surface area contributed by atoms with Crippen molar-refractivity contribution < 1.29 is 31.1 Å². The fourth-order valence-corrected chi connectivity index (χ4v) is 3.94. The van der Waals surface area contributed by atoms with Crippen LogP contribution in [0.4, 0.5) is 26.3 Å². The minimum Gasteiger partial charge on any atom is -0.329 e. The second kappa shape index (κ2) is 6.56. The van der Waals surface area contributed by atoms with Crippen LogP contribution in [-0.4, -0.2) is 39.4 Å². The molecule has 1 aliphatic heterocycles. The molecule has 4 nitrogen and oxygen atoms in total.